The van der Waals surface area contributed by atoms with Crippen LogP contribution in [0.5, 0.6) is 0 Å². The van der Waals surface area contributed by atoms with Gasteiger partial charge in [0.2, 0.25) is 5.91 Å². The van der Waals surface area contributed by atoms with Crippen molar-refractivity contribution in [1.82, 2.24) is 9.80 Å². The Hall–Kier alpha value is -2.04. The lowest BCUT2D eigenvalue weighted by Gasteiger charge is -2.35. The Morgan fingerprint density at radius 3 is 2.52 bits per heavy atom. The molecule has 0 unspecified atom stereocenters. The summed E-state index contributed by atoms with van der Waals surface area (Å²) in [6.45, 7) is 2.50. The van der Waals surface area contributed by atoms with Crippen molar-refractivity contribution in [2.45, 2.75) is 31.9 Å². The Balaban J connectivity index is 1.56. The highest BCUT2D eigenvalue weighted by Crippen LogP contribution is 2.22. The van der Waals surface area contributed by atoms with Crippen molar-refractivity contribution < 1.29 is 14.3 Å². The SMILES string of the molecule is O=C([C@H]1CCCN1C(=O)OCc1ccccc1)N1CCC1. The molecule has 3 rings (SSSR count). The monoisotopic (exact) mass is 288 g/mol. The second kappa shape index (κ2) is 6.16. The molecule has 2 fully saturated rings. The predicted octanol–water partition coefficient (Wildman–Crippen LogP) is 2.02. The Kier molecular flexibility index (Phi) is 4.08. The molecule has 0 aromatic heterocycles. The molecule has 1 aromatic carbocycles. The van der Waals surface area contributed by atoms with E-state index in [-0.39, 0.29) is 24.6 Å². The summed E-state index contributed by atoms with van der Waals surface area (Å²) in [7, 11) is 0. The van der Waals surface area contributed by atoms with Crippen molar-refractivity contribution >= 4 is 12.0 Å². The van der Waals surface area contributed by atoms with Gasteiger partial charge in [-0.15, -0.1) is 0 Å². The molecule has 2 heterocycles. The lowest BCUT2D eigenvalue weighted by atomic mass is 10.1. The average molecular weight is 288 g/mol. The molecule has 0 saturated carbocycles. The first kappa shape index (κ1) is 13.9. The van der Waals surface area contributed by atoms with Gasteiger partial charge < -0.3 is 9.64 Å². The van der Waals surface area contributed by atoms with E-state index >= 15 is 0 Å². The second-order valence-corrected chi connectivity index (χ2v) is 5.57. The Morgan fingerprint density at radius 2 is 1.86 bits per heavy atom. The van der Waals surface area contributed by atoms with Crippen LogP contribution in [-0.2, 0) is 16.1 Å². The van der Waals surface area contributed by atoms with Crippen molar-refractivity contribution in [3.63, 3.8) is 0 Å². The van der Waals surface area contributed by atoms with E-state index in [9.17, 15) is 9.59 Å². The van der Waals surface area contributed by atoms with Gasteiger partial charge in [-0.25, -0.2) is 4.79 Å². The van der Waals surface area contributed by atoms with Gasteiger partial charge in [-0.1, -0.05) is 30.3 Å². The summed E-state index contributed by atoms with van der Waals surface area (Å²) < 4.78 is 5.34. The lowest BCUT2D eigenvalue weighted by Crippen LogP contribution is -2.52. The Bertz CT molecular complexity index is 514. The number of carbonyl (C=O) groups excluding carboxylic acids is 2. The molecule has 1 atom stereocenters. The fourth-order valence-corrected chi connectivity index (χ4v) is 2.79. The lowest BCUT2D eigenvalue weighted by molar-refractivity contribution is -0.139. The minimum Gasteiger partial charge on any atom is -0.445 e. The van der Waals surface area contributed by atoms with Crippen molar-refractivity contribution in [1.29, 1.82) is 0 Å². The summed E-state index contributed by atoms with van der Waals surface area (Å²) in [6, 6.07) is 9.26. The standard InChI is InChI=1S/C16H20N2O3/c19-15(17-9-5-10-17)14-8-4-11-18(14)16(20)21-12-13-6-2-1-3-7-13/h1-3,6-7,14H,4-5,8-12H2/t14-/m1/s1. The first-order valence-corrected chi connectivity index (χ1v) is 7.52. The summed E-state index contributed by atoms with van der Waals surface area (Å²) in [4.78, 5) is 27.9. The van der Waals surface area contributed by atoms with Crippen LogP contribution >= 0.6 is 0 Å². The number of hydrogen-bond donors (Lipinski definition) is 0. The van der Waals surface area contributed by atoms with Gasteiger partial charge in [0, 0.05) is 19.6 Å². The van der Waals surface area contributed by atoms with Gasteiger partial charge in [-0.3, -0.25) is 9.69 Å². The van der Waals surface area contributed by atoms with E-state index in [1.54, 1.807) is 4.90 Å². The van der Waals surface area contributed by atoms with Gasteiger partial charge in [-0.05, 0) is 24.8 Å². The molecule has 0 radical (unpaired) electrons. The quantitative estimate of drug-likeness (QED) is 0.855. The highest BCUT2D eigenvalue weighted by molar-refractivity contribution is 5.86. The fourth-order valence-electron chi connectivity index (χ4n) is 2.79. The average Bonchev–Trinajstić information content (AvgIpc) is 2.93. The van der Waals surface area contributed by atoms with Gasteiger partial charge in [-0.2, -0.15) is 0 Å². The van der Waals surface area contributed by atoms with Gasteiger partial charge >= 0.3 is 6.09 Å². The van der Waals surface area contributed by atoms with E-state index in [4.69, 9.17) is 4.74 Å². The second-order valence-electron chi connectivity index (χ2n) is 5.57. The minimum absolute atomic E-state index is 0.0791. The van der Waals surface area contributed by atoms with Crippen LogP contribution in [0.2, 0.25) is 0 Å². The van der Waals surface area contributed by atoms with Crippen LogP contribution in [-0.4, -0.2) is 47.5 Å². The largest absolute Gasteiger partial charge is 0.445 e. The van der Waals surface area contributed by atoms with Crippen molar-refractivity contribution in [2.75, 3.05) is 19.6 Å². The number of rotatable bonds is 3. The third-order valence-corrected chi connectivity index (χ3v) is 4.15. The zero-order valence-electron chi connectivity index (χ0n) is 12.0. The number of benzene rings is 1. The third kappa shape index (κ3) is 3.01. The van der Waals surface area contributed by atoms with Gasteiger partial charge in [0.1, 0.15) is 12.6 Å². The molecule has 0 spiro atoms. The minimum atomic E-state index is -0.379. The van der Waals surface area contributed by atoms with Gasteiger partial charge in [0.15, 0.2) is 0 Å². The molecular weight excluding hydrogens is 268 g/mol. The zero-order chi connectivity index (χ0) is 14.7. The summed E-state index contributed by atoms with van der Waals surface area (Å²) in [5, 5.41) is 0. The van der Waals surface area contributed by atoms with Crippen molar-refractivity contribution in [3.8, 4) is 0 Å². The van der Waals surface area contributed by atoms with E-state index in [2.05, 4.69) is 0 Å². The number of ether oxygens (including phenoxy) is 1. The maximum atomic E-state index is 12.3. The molecule has 5 heteroatoms. The van der Waals surface area contributed by atoms with Crippen molar-refractivity contribution in [2.24, 2.45) is 0 Å². The highest BCUT2D eigenvalue weighted by Gasteiger charge is 2.38. The highest BCUT2D eigenvalue weighted by atomic mass is 16.6. The van der Waals surface area contributed by atoms with E-state index in [0.29, 0.717) is 6.54 Å². The Morgan fingerprint density at radius 1 is 1.10 bits per heavy atom. The van der Waals surface area contributed by atoms with Crippen LogP contribution in [0, 0.1) is 0 Å². The Labute approximate surface area is 124 Å². The van der Waals surface area contributed by atoms with Gasteiger partial charge in [0.25, 0.3) is 0 Å². The molecule has 0 aliphatic carbocycles. The molecule has 5 nitrogen and oxygen atoms in total. The number of amides is 2. The summed E-state index contributed by atoms with van der Waals surface area (Å²) in [5.74, 6) is 0.0791. The molecule has 2 aliphatic heterocycles. The smallest absolute Gasteiger partial charge is 0.410 e. The molecule has 2 aliphatic rings. The molecule has 0 N–H and O–H groups in total. The number of nitrogens with zero attached hydrogens (tertiary/aromatic N) is 2. The number of likely N-dealkylation sites (tertiary alicyclic amines) is 2. The molecule has 21 heavy (non-hydrogen) atoms. The van der Waals surface area contributed by atoms with Crippen LogP contribution < -0.4 is 0 Å². The third-order valence-electron chi connectivity index (χ3n) is 4.15. The zero-order valence-corrected chi connectivity index (χ0v) is 12.0. The number of hydrogen-bond acceptors (Lipinski definition) is 3. The van der Waals surface area contributed by atoms with E-state index < -0.39 is 0 Å². The van der Waals surface area contributed by atoms with Crippen LogP contribution in [0.1, 0.15) is 24.8 Å². The maximum Gasteiger partial charge on any atom is 0.410 e. The van der Waals surface area contributed by atoms with E-state index in [1.165, 1.54) is 0 Å². The molecule has 2 amide bonds. The molecule has 2 saturated heterocycles. The maximum absolute atomic E-state index is 12.3. The molecular formula is C16H20N2O3. The summed E-state index contributed by atoms with van der Waals surface area (Å²) in [6.07, 6.45) is 2.30. The van der Waals surface area contributed by atoms with Gasteiger partial charge in [0.05, 0.1) is 0 Å². The molecule has 1 aromatic rings. The van der Waals surface area contributed by atoms with Crippen LogP contribution in [0.25, 0.3) is 0 Å². The topological polar surface area (TPSA) is 49.9 Å². The predicted molar refractivity (Wildman–Crippen MR) is 77.6 cm³/mol. The molecule has 112 valence electrons. The normalized spacial score (nSPS) is 21.0. The van der Waals surface area contributed by atoms with E-state index in [0.717, 1.165) is 37.9 Å². The first-order valence-electron chi connectivity index (χ1n) is 7.52. The van der Waals surface area contributed by atoms with Crippen LogP contribution in [0.15, 0.2) is 30.3 Å². The van der Waals surface area contributed by atoms with Crippen molar-refractivity contribution in [3.05, 3.63) is 35.9 Å². The molecule has 0 bridgehead atoms. The fraction of sp³-hybridized carbons (Fsp3) is 0.500. The van der Waals surface area contributed by atoms with E-state index in [1.807, 2.05) is 35.2 Å². The first-order chi connectivity index (χ1) is 10.3. The van der Waals surface area contributed by atoms with Crippen LogP contribution in [0.4, 0.5) is 4.79 Å². The van der Waals surface area contributed by atoms with Crippen LogP contribution in [0.3, 0.4) is 0 Å². The summed E-state index contributed by atoms with van der Waals surface area (Å²) in [5.41, 5.74) is 0.954. The number of carbonyl (C=O) groups is 2. The summed E-state index contributed by atoms with van der Waals surface area (Å²) >= 11 is 0.